The number of carbonyl (C=O) groups is 1. The van der Waals surface area contributed by atoms with Crippen molar-refractivity contribution in [3.63, 3.8) is 0 Å². The Morgan fingerprint density at radius 1 is 1.41 bits per heavy atom. The van der Waals surface area contributed by atoms with Crippen LogP contribution in [0.2, 0.25) is 5.02 Å². The highest BCUT2D eigenvalue weighted by atomic mass is 35.5. The van der Waals surface area contributed by atoms with Crippen LogP contribution in [0, 0.1) is 6.92 Å². The van der Waals surface area contributed by atoms with E-state index in [1.807, 2.05) is 25.1 Å². The largest absolute Gasteiger partial charge is 0.461 e. The predicted octanol–water partition coefficient (Wildman–Crippen LogP) is 3.37. The number of pyridine rings is 1. The van der Waals surface area contributed by atoms with E-state index in [0.29, 0.717) is 17.1 Å². The average Bonchev–Trinajstić information content (AvgIpc) is 2.28. The maximum atomic E-state index is 11.5. The lowest BCUT2D eigenvalue weighted by molar-refractivity contribution is 0.0520. The Balaban J connectivity index is 2.54. The van der Waals surface area contributed by atoms with Gasteiger partial charge in [-0.25, -0.2) is 9.78 Å². The second kappa shape index (κ2) is 4.72. The summed E-state index contributed by atoms with van der Waals surface area (Å²) in [6.07, 6.45) is 0. The number of benzene rings is 1. The van der Waals surface area contributed by atoms with Gasteiger partial charge in [-0.05, 0) is 37.6 Å². The van der Waals surface area contributed by atoms with Gasteiger partial charge >= 0.3 is 5.97 Å². The van der Waals surface area contributed by atoms with Crippen LogP contribution in [-0.2, 0) is 4.74 Å². The van der Waals surface area contributed by atoms with Gasteiger partial charge in [0.15, 0.2) is 0 Å². The molecule has 1 aromatic carbocycles. The quantitative estimate of drug-likeness (QED) is 0.766. The zero-order valence-electron chi connectivity index (χ0n) is 9.66. The summed E-state index contributed by atoms with van der Waals surface area (Å²) in [6.45, 7) is 4.06. The Morgan fingerprint density at radius 3 is 2.88 bits per heavy atom. The van der Waals surface area contributed by atoms with E-state index in [1.165, 1.54) is 0 Å². The number of fused-ring (bicyclic) bond motifs is 1. The summed E-state index contributed by atoms with van der Waals surface area (Å²) < 4.78 is 4.90. The molecule has 0 fully saturated rings. The molecule has 0 aliphatic carbocycles. The molecule has 4 heteroatoms. The summed E-state index contributed by atoms with van der Waals surface area (Å²) in [7, 11) is 0. The SMILES string of the molecule is CCOC(=O)c1ccc2cc(C)cc(Cl)c2n1. The number of aromatic nitrogens is 1. The molecular formula is C13H12ClNO2. The fourth-order valence-electron chi connectivity index (χ4n) is 1.65. The van der Waals surface area contributed by atoms with Gasteiger partial charge in [-0.1, -0.05) is 17.7 Å². The zero-order chi connectivity index (χ0) is 12.4. The van der Waals surface area contributed by atoms with Crippen molar-refractivity contribution in [3.8, 4) is 0 Å². The lowest BCUT2D eigenvalue weighted by atomic mass is 10.1. The van der Waals surface area contributed by atoms with E-state index in [0.717, 1.165) is 10.9 Å². The standard InChI is InChI=1S/C13H12ClNO2/c1-3-17-13(16)11-5-4-9-6-8(2)7-10(14)12(9)15-11/h4-7H,3H2,1-2H3. The third-order valence-electron chi connectivity index (χ3n) is 2.37. The number of aryl methyl sites for hydroxylation is 1. The smallest absolute Gasteiger partial charge is 0.356 e. The second-order valence-electron chi connectivity index (χ2n) is 3.74. The Labute approximate surface area is 104 Å². The van der Waals surface area contributed by atoms with Crippen molar-refractivity contribution in [1.29, 1.82) is 0 Å². The van der Waals surface area contributed by atoms with E-state index in [2.05, 4.69) is 4.98 Å². The molecule has 0 amide bonds. The van der Waals surface area contributed by atoms with E-state index in [4.69, 9.17) is 16.3 Å². The highest BCUT2D eigenvalue weighted by molar-refractivity contribution is 6.35. The number of halogens is 1. The summed E-state index contributed by atoms with van der Waals surface area (Å²) in [6, 6.07) is 7.28. The number of hydrogen-bond donors (Lipinski definition) is 0. The molecule has 1 heterocycles. The van der Waals surface area contributed by atoms with Crippen molar-refractivity contribution < 1.29 is 9.53 Å². The van der Waals surface area contributed by atoms with E-state index >= 15 is 0 Å². The summed E-state index contributed by atoms with van der Waals surface area (Å²) >= 11 is 6.10. The van der Waals surface area contributed by atoms with Crippen LogP contribution in [0.5, 0.6) is 0 Å². The first-order valence-electron chi connectivity index (χ1n) is 5.36. The number of ether oxygens (including phenoxy) is 1. The first-order valence-corrected chi connectivity index (χ1v) is 5.73. The number of rotatable bonds is 2. The molecule has 0 aliphatic rings. The maximum Gasteiger partial charge on any atom is 0.356 e. The van der Waals surface area contributed by atoms with E-state index in [-0.39, 0.29) is 5.69 Å². The van der Waals surface area contributed by atoms with Gasteiger partial charge in [0.1, 0.15) is 5.69 Å². The van der Waals surface area contributed by atoms with Crippen LogP contribution in [0.25, 0.3) is 10.9 Å². The minimum absolute atomic E-state index is 0.283. The van der Waals surface area contributed by atoms with Crippen LogP contribution in [-0.4, -0.2) is 17.6 Å². The van der Waals surface area contributed by atoms with Gasteiger partial charge in [-0.3, -0.25) is 0 Å². The third kappa shape index (κ3) is 2.39. The predicted molar refractivity (Wildman–Crippen MR) is 67.4 cm³/mol. The zero-order valence-corrected chi connectivity index (χ0v) is 10.4. The normalized spacial score (nSPS) is 10.5. The van der Waals surface area contributed by atoms with Crippen molar-refractivity contribution >= 4 is 28.5 Å². The first-order chi connectivity index (χ1) is 8.11. The van der Waals surface area contributed by atoms with Gasteiger partial charge in [-0.15, -0.1) is 0 Å². The van der Waals surface area contributed by atoms with Gasteiger partial charge in [0.05, 0.1) is 17.1 Å². The van der Waals surface area contributed by atoms with Crippen LogP contribution in [0.15, 0.2) is 24.3 Å². The first kappa shape index (κ1) is 11.9. The highest BCUT2D eigenvalue weighted by Gasteiger charge is 2.10. The molecule has 0 unspecified atom stereocenters. The van der Waals surface area contributed by atoms with Crippen molar-refractivity contribution in [2.45, 2.75) is 13.8 Å². The van der Waals surface area contributed by atoms with Crippen LogP contribution in [0.1, 0.15) is 23.0 Å². The number of esters is 1. The molecule has 0 bridgehead atoms. The van der Waals surface area contributed by atoms with Gasteiger partial charge in [0, 0.05) is 5.39 Å². The topological polar surface area (TPSA) is 39.2 Å². The molecule has 1 aromatic heterocycles. The van der Waals surface area contributed by atoms with Gasteiger partial charge in [0.2, 0.25) is 0 Å². The molecule has 0 spiro atoms. The molecule has 0 saturated carbocycles. The van der Waals surface area contributed by atoms with Crippen LogP contribution < -0.4 is 0 Å². The number of hydrogen-bond acceptors (Lipinski definition) is 3. The summed E-state index contributed by atoms with van der Waals surface area (Å²) in [5, 5.41) is 1.47. The summed E-state index contributed by atoms with van der Waals surface area (Å²) in [5.41, 5.74) is 1.97. The third-order valence-corrected chi connectivity index (χ3v) is 2.66. The fraction of sp³-hybridized carbons (Fsp3) is 0.231. The van der Waals surface area contributed by atoms with Crippen LogP contribution >= 0.6 is 11.6 Å². The van der Waals surface area contributed by atoms with Gasteiger partial charge in [-0.2, -0.15) is 0 Å². The second-order valence-corrected chi connectivity index (χ2v) is 4.14. The molecule has 2 aromatic rings. The lowest BCUT2D eigenvalue weighted by Crippen LogP contribution is -2.06. The Morgan fingerprint density at radius 2 is 2.18 bits per heavy atom. The van der Waals surface area contributed by atoms with Crippen LogP contribution in [0.4, 0.5) is 0 Å². The van der Waals surface area contributed by atoms with Crippen molar-refractivity contribution in [2.24, 2.45) is 0 Å². The molecule has 3 nitrogen and oxygen atoms in total. The molecule has 0 aliphatic heterocycles. The summed E-state index contributed by atoms with van der Waals surface area (Å²) in [4.78, 5) is 15.8. The van der Waals surface area contributed by atoms with E-state index in [9.17, 15) is 4.79 Å². The lowest BCUT2D eigenvalue weighted by Gasteiger charge is -2.05. The maximum absolute atomic E-state index is 11.5. The molecule has 0 radical (unpaired) electrons. The Bertz CT molecular complexity index is 581. The average molecular weight is 250 g/mol. The monoisotopic (exact) mass is 249 g/mol. The summed E-state index contributed by atoms with van der Waals surface area (Å²) in [5.74, 6) is -0.425. The number of nitrogens with zero attached hydrogens (tertiary/aromatic N) is 1. The van der Waals surface area contributed by atoms with Gasteiger partial charge in [0.25, 0.3) is 0 Å². The molecule has 0 N–H and O–H groups in total. The molecule has 17 heavy (non-hydrogen) atoms. The number of carbonyl (C=O) groups excluding carboxylic acids is 1. The molecule has 2 rings (SSSR count). The molecule has 0 atom stereocenters. The molecule has 0 saturated heterocycles. The highest BCUT2D eigenvalue weighted by Crippen LogP contribution is 2.23. The van der Waals surface area contributed by atoms with E-state index < -0.39 is 5.97 Å². The minimum Gasteiger partial charge on any atom is -0.461 e. The molecular weight excluding hydrogens is 238 g/mol. The Hall–Kier alpha value is -1.61. The van der Waals surface area contributed by atoms with Crippen LogP contribution in [0.3, 0.4) is 0 Å². The molecule has 88 valence electrons. The van der Waals surface area contributed by atoms with E-state index in [1.54, 1.807) is 13.0 Å². The van der Waals surface area contributed by atoms with Gasteiger partial charge < -0.3 is 4.74 Å². The Kier molecular flexibility index (Phi) is 3.29. The fourth-order valence-corrected chi connectivity index (χ4v) is 1.98. The van der Waals surface area contributed by atoms with Crippen molar-refractivity contribution in [2.75, 3.05) is 6.61 Å². The minimum atomic E-state index is -0.425. The van der Waals surface area contributed by atoms with Crippen molar-refractivity contribution in [3.05, 3.63) is 40.5 Å². The van der Waals surface area contributed by atoms with Crippen molar-refractivity contribution in [1.82, 2.24) is 4.98 Å².